The Morgan fingerprint density at radius 2 is 1.92 bits per heavy atom. The van der Waals surface area contributed by atoms with E-state index >= 15 is 0 Å². The van der Waals surface area contributed by atoms with Gasteiger partial charge in [-0.3, -0.25) is 9.69 Å². The van der Waals surface area contributed by atoms with Crippen LogP contribution in [0.5, 0.6) is 0 Å². The molecule has 0 radical (unpaired) electrons. The fourth-order valence-electron chi connectivity index (χ4n) is 3.73. The van der Waals surface area contributed by atoms with Gasteiger partial charge in [-0.1, -0.05) is 0 Å². The molecule has 3 unspecified atom stereocenters. The fraction of sp³-hybridized carbons (Fsp3) is 0.632. The first-order chi connectivity index (χ1) is 12.0. The van der Waals surface area contributed by atoms with Gasteiger partial charge in [0, 0.05) is 44.0 Å². The van der Waals surface area contributed by atoms with Gasteiger partial charge in [0.25, 0.3) is 0 Å². The Balaban J connectivity index is 1.49. The average Bonchev–Trinajstić information content (AvgIpc) is 2.64. The molecule has 5 nitrogen and oxygen atoms in total. The molecule has 0 bridgehead atoms. The summed E-state index contributed by atoms with van der Waals surface area (Å²) in [6.45, 7) is 8.54. The summed E-state index contributed by atoms with van der Waals surface area (Å²) in [7, 11) is 0. The van der Waals surface area contributed by atoms with Crippen molar-refractivity contribution in [1.82, 2.24) is 15.5 Å². The molecular formula is C19H29FN4O. The molecule has 0 aromatic heterocycles. The van der Waals surface area contributed by atoms with Gasteiger partial charge in [0.05, 0.1) is 6.04 Å². The summed E-state index contributed by atoms with van der Waals surface area (Å²) >= 11 is 0. The Labute approximate surface area is 149 Å². The lowest BCUT2D eigenvalue weighted by molar-refractivity contribution is -0.127. The van der Waals surface area contributed by atoms with E-state index in [9.17, 15) is 9.18 Å². The first kappa shape index (κ1) is 18.1. The van der Waals surface area contributed by atoms with Crippen molar-refractivity contribution in [3.63, 3.8) is 0 Å². The molecule has 138 valence electrons. The van der Waals surface area contributed by atoms with Crippen molar-refractivity contribution in [1.29, 1.82) is 0 Å². The number of carbonyl (C=O) groups excluding carboxylic acids is 1. The summed E-state index contributed by atoms with van der Waals surface area (Å²) < 4.78 is 13.1. The van der Waals surface area contributed by atoms with Crippen molar-refractivity contribution in [3.05, 3.63) is 30.1 Å². The smallest absolute Gasteiger partial charge is 0.237 e. The Morgan fingerprint density at radius 3 is 2.56 bits per heavy atom. The van der Waals surface area contributed by atoms with E-state index in [1.54, 1.807) is 0 Å². The van der Waals surface area contributed by atoms with Crippen molar-refractivity contribution >= 4 is 11.6 Å². The van der Waals surface area contributed by atoms with Crippen molar-refractivity contribution in [2.45, 2.75) is 44.8 Å². The van der Waals surface area contributed by atoms with Crippen LogP contribution in [0.1, 0.15) is 26.7 Å². The minimum atomic E-state index is -0.209. The van der Waals surface area contributed by atoms with Gasteiger partial charge >= 0.3 is 0 Å². The van der Waals surface area contributed by atoms with Gasteiger partial charge in [0.2, 0.25) is 5.91 Å². The van der Waals surface area contributed by atoms with Gasteiger partial charge in [-0.2, -0.15) is 0 Å². The number of benzene rings is 1. The van der Waals surface area contributed by atoms with E-state index in [0.29, 0.717) is 6.04 Å². The second-order valence-corrected chi connectivity index (χ2v) is 7.18. The monoisotopic (exact) mass is 348 g/mol. The maximum atomic E-state index is 13.1. The lowest BCUT2D eigenvalue weighted by Crippen LogP contribution is -2.58. The zero-order valence-corrected chi connectivity index (χ0v) is 15.2. The molecule has 1 amide bonds. The largest absolute Gasteiger partial charge is 0.369 e. The van der Waals surface area contributed by atoms with Crippen LogP contribution in [0.25, 0.3) is 0 Å². The van der Waals surface area contributed by atoms with Crippen LogP contribution >= 0.6 is 0 Å². The highest BCUT2D eigenvalue weighted by atomic mass is 19.1. The van der Waals surface area contributed by atoms with Gasteiger partial charge < -0.3 is 15.5 Å². The molecule has 2 fully saturated rings. The molecule has 2 aliphatic rings. The molecular weight excluding hydrogens is 319 g/mol. The molecule has 3 atom stereocenters. The van der Waals surface area contributed by atoms with Crippen molar-refractivity contribution < 1.29 is 9.18 Å². The topological polar surface area (TPSA) is 47.6 Å². The Kier molecular flexibility index (Phi) is 5.91. The number of halogens is 1. The number of nitrogens with zero attached hydrogens (tertiary/aromatic N) is 2. The third kappa shape index (κ3) is 4.50. The van der Waals surface area contributed by atoms with Crippen LogP contribution in [0.3, 0.4) is 0 Å². The van der Waals surface area contributed by atoms with Crippen LogP contribution in [0, 0.1) is 5.82 Å². The van der Waals surface area contributed by atoms with Crippen molar-refractivity contribution in [2.24, 2.45) is 0 Å². The molecule has 1 aromatic carbocycles. The number of nitrogens with one attached hydrogen (secondary N) is 2. The van der Waals surface area contributed by atoms with Crippen LogP contribution < -0.4 is 15.5 Å². The Morgan fingerprint density at radius 1 is 1.24 bits per heavy atom. The molecule has 1 aromatic rings. The summed E-state index contributed by atoms with van der Waals surface area (Å²) in [5.41, 5.74) is 1.04. The van der Waals surface area contributed by atoms with E-state index in [1.165, 1.54) is 12.1 Å². The maximum absolute atomic E-state index is 13.1. The number of anilines is 1. The molecule has 3 rings (SSSR count). The van der Waals surface area contributed by atoms with E-state index < -0.39 is 0 Å². The summed E-state index contributed by atoms with van der Waals surface area (Å²) in [6, 6.07) is 7.07. The molecule has 6 heteroatoms. The second-order valence-electron chi connectivity index (χ2n) is 7.18. The van der Waals surface area contributed by atoms with Crippen LogP contribution in [-0.2, 0) is 4.79 Å². The van der Waals surface area contributed by atoms with E-state index in [2.05, 4.69) is 27.4 Å². The second kappa shape index (κ2) is 8.15. The lowest BCUT2D eigenvalue weighted by atomic mass is 9.99. The third-order valence-electron chi connectivity index (χ3n) is 5.52. The molecule has 2 saturated heterocycles. The predicted octanol–water partition coefficient (Wildman–Crippen LogP) is 1.59. The minimum Gasteiger partial charge on any atom is -0.369 e. The molecule has 2 heterocycles. The van der Waals surface area contributed by atoms with Crippen LogP contribution in [0.15, 0.2) is 24.3 Å². The van der Waals surface area contributed by atoms with Crippen LogP contribution in [-0.4, -0.2) is 61.7 Å². The van der Waals surface area contributed by atoms with Crippen molar-refractivity contribution in [3.8, 4) is 0 Å². The van der Waals surface area contributed by atoms with E-state index in [4.69, 9.17) is 0 Å². The van der Waals surface area contributed by atoms with Gasteiger partial charge in [-0.25, -0.2) is 4.39 Å². The number of piperazine rings is 1. The number of carbonyl (C=O) groups is 1. The van der Waals surface area contributed by atoms with Gasteiger partial charge in [0.1, 0.15) is 5.82 Å². The zero-order chi connectivity index (χ0) is 17.8. The number of hydrogen-bond donors (Lipinski definition) is 2. The molecule has 25 heavy (non-hydrogen) atoms. The predicted molar refractivity (Wildman–Crippen MR) is 98.3 cm³/mol. The van der Waals surface area contributed by atoms with E-state index in [-0.39, 0.29) is 23.8 Å². The summed E-state index contributed by atoms with van der Waals surface area (Å²) in [5.74, 6) is -0.0881. The molecule has 2 N–H and O–H groups in total. The van der Waals surface area contributed by atoms with E-state index in [0.717, 1.165) is 51.3 Å². The minimum absolute atomic E-state index is 0.121. The highest BCUT2D eigenvalue weighted by molar-refractivity contribution is 5.81. The van der Waals surface area contributed by atoms with Crippen molar-refractivity contribution in [2.75, 3.05) is 37.6 Å². The zero-order valence-electron chi connectivity index (χ0n) is 15.2. The number of hydrogen-bond acceptors (Lipinski definition) is 4. The molecule has 0 saturated carbocycles. The normalized spacial score (nSPS) is 26.3. The molecule has 0 spiro atoms. The summed E-state index contributed by atoms with van der Waals surface area (Å²) in [4.78, 5) is 17.1. The molecule has 2 aliphatic heterocycles. The number of rotatable bonds is 4. The molecule has 0 aliphatic carbocycles. The average molecular weight is 348 g/mol. The van der Waals surface area contributed by atoms with Crippen LogP contribution in [0.2, 0.25) is 0 Å². The fourth-order valence-corrected chi connectivity index (χ4v) is 3.73. The standard InChI is InChI=1S/C19H29FN4O/c1-14-18(4-3-9-21-14)22-19(25)15(2)23-10-12-24(13-11-23)17-7-5-16(20)6-8-17/h5-8,14-15,18,21H,3-4,9-13H2,1-2H3,(H,22,25). The van der Waals surface area contributed by atoms with E-state index in [1.807, 2.05) is 19.1 Å². The number of amides is 1. The lowest BCUT2D eigenvalue weighted by Gasteiger charge is -2.39. The summed E-state index contributed by atoms with van der Waals surface area (Å²) in [5, 5.41) is 6.64. The maximum Gasteiger partial charge on any atom is 0.237 e. The first-order valence-electron chi connectivity index (χ1n) is 9.33. The number of piperidine rings is 1. The van der Waals surface area contributed by atoms with Gasteiger partial charge in [-0.05, 0) is 57.5 Å². The highest BCUT2D eigenvalue weighted by Gasteiger charge is 2.29. The first-order valence-corrected chi connectivity index (χ1v) is 9.33. The van der Waals surface area contributed by atoms with Gasteiger partial charge in [0.15, 0.2) is 0 Å². The Bertz CT molecular complexity index is 571. The summed E-state index contributed by atoms with van der Waals surface area (Å²) in [6.07, 6.45) is 2.16. The quantitative estimate of drug-likeness (QED) is 0.868. The Hall–Kier alpha value is -1.66. The SMILES string of the molecule is CC1NCCCC1NC(=O)C(C)N1CCN(c2ccc(F)cc2)CC1. The highest BCUT2D eigenvalue weighted by Crippen LogP contribution is 2.18. The third-order valence-corrected chi connectivity index (χ3v) is 5.52. The van der Waals surface area contributed by atoms with Gasteiger partial charge in [-0.15, -0.1) is 0 Å². The van der Waals surface area contributed by atoms with Crippen LogP contribution in [0.4, 0.5) is 10.1 Å².